The topological polar surface area (TPSA) is 76.7 Å². The molecular weight excluding hydrogens is 314 g/mol. The van der Waals surface area contributed by atoms with Gasteiger partial charge in [0.15, 0.2) is 0 Å². The fraction of sp³-hybridized carbons (Fsp3) is 0.200. The lowest BCUT2D eigenvalue weighted by Crippen LogP contribution is -2.12. The largest absolute Gasteiger partial charge is 0.463 e. The molecule has 1 heterocycles. The zero-order valence-corrected chi connectivity index (χ0v) is 13.7. The van der Waals surface area contributed by atoms with Crippen LogP contribution in [-0.2, 0) is 11.2 Å². The number of carbonyl (C=O) groups excluding carboxylic acids is 1. The average Bonchev–Trinajstić information content (AvgIpc) is 3.06. The van der Waals surface area contributed by atoms with E-state index in [0.29, 0.717) is 17.9 Å². The van der Waals surface area contributed by atoms with Crippen LogP contribution in [0.3, 0.4) is 0 Å². The van der Waals surface area contributed by atoms with Crippen LogP contribution in [0.25, 0.3) is 0 Å². The van der Waals surface area contributed by atoms with Crippen molar-refractivity contribution in [2.45, 2.75) is 18.9 Å². The molecule has 1 aliphatic heterocycles. The maximum atomic E-state index is 12.3. The highest BCUT2D eigenvalue weighted by atomic mass is 16.5. The first-order valence-corrected chi connectivity index (χ1v) is 8.07. The van der Waals surface area contributed by atoms with Crippen LogP contribution in [0.4, 0.5) is 5.69 Å². The van der Waals surface area contributed by atoms with Gasteiger partial charge in [-0.25, -0.2) is 4.99 Å². The fourth-order valence-electron chi connectivity index (χ4n) is 2.59. The molecule has 0 saturated carbocycles. The number of ether oxygens (including phenoxy) is 1. The van der Waals surface area contributed by atoms with Crippen LogP contribution in [0, 0.1) is 12.3 Å². The molecule has 0 bridgehead atoms. The second kappa shape index (κ2) is 7.54. The Bertz CT molecular complexity index is 818. The normalized spacial score (nSPS) is 15.8. The van der Waals surface area contributed by atoms with Gasteiger partial charge in [0, 0.05) is 16.8 Å². The number of aryl methyl sites for hydroxylation is 1. The van der Waals surface area contributed by atoms with Crippen LogP contribution in [0.15, 0.2) is 53.5 Å². The standard InChI is InChI=1S/C20H19N3O2/c1-2-14-5-10-17(11-6-14)22-19(24)16-8-3-15(4-9-16)7-12-18-13-25-20(21)23-18/h1,3-6,8-11,18H,7,12-13H2,(H2,21,23)(H,22,24). The van der Waals surface area contributed by atoms with Gasteiger partial charge in [-0.1, -0.05) is 18.1 Å². The minimum Gasteiger partial charge on any atom is -0.463 e. The van der Waals surface area contributed by atoms with Gasteiger partial charge in [-0.3, -0.25) is 4.79 Å². The Morgan fingerprint density at radius 1 is 1.24 bits per heavy atom. The number of nitrogens with zero attached hydrogens (tertiary/aromatic N) is 1. The second-order valence-corrected chi connectivity index (χ2v) is 5.84. The summed E-state index contributed by atoms with van der Waals surface area (Å²) >= 11 is 0. The number of terminal acetylenes is 1. The van der Waals surface area contributed by atoms with E-state index in [1.54, 1.807) is 24.3 Å². The van der Waals surface area contributed by atoms with Gasteiger partial charge in [0.25, 0.3) is 11.9 Å². The first-order valence-electron chi connectivity index (χ1n) is 8.07. The van der Waals surface area contributed by atoms with Crippen molar-refractivity contribution >= 4 is 17.6 Å². The van der Waals surface area contributed by atoms with Gasteiger partial charge in [0.1, 0.15) is 6.61 Å². The lowest BCUT2D eigenvalue weighted by atomic mass is 10.0. The first-order chi connectivity index (χ1) is 12.1. The quantitative estimate of drug-likeness (QED) is 0.826. The molecule has 5 nitrogen and oxygen atoms in total. The van der Waals surface area contributed by atoms with Gasteiger partial charge in [0.2, 0.25) is 0 Å². The summed E-state index contributed by atoms with van der Waals surface area (Å²) in [5, 5.41) is 2.85. The summed E-state index contributed by atoms with van der Waals surface area (Å²) in [7, 11) is 0. The van der Waals surface area contributed by atoms with Crippen molar-refractivity contribution in [1.82, 2.24) is 0 Å². The van der Waals surface area contributed by atoms with Crippen molar-refractivity contribution < 1.29 is 9.53 Å². The highest BCUT2D eigenvalue weighted by Crippen LogP contribution is 2.14. The molecule has 0 aliphatic carbocycles. The molecule has 1 amide bonds. The van der Waals surface area contributed by atoms with Crippen molar-refractivity contribution in [3.8, 4) is 12.3 Å². The third kappa shape index (κ3) is 4.39. The van der Waals surface area contributed by atoms with Gasteiger partial charge >= 0.3 is 0 Å². The van der Waals surface area contributed by atoms with Crippen LogP contribution in [-0.4, -0.2) is 24.6 Å². The predicted molar refractivity (Wildman–Crippen MR) is 98.5 cm³/mol. The summed E-state index contributed by atoms with van der Waals surface area (Å²) in [5.41, 5.74) is 8.75. The third-order valence-electron chi connectivity index (χ3n) is 4.03. The third-order valence-corrected chi connectivity index (χ3v) is 4.03. The van der Waals surface area contributed by atoms with Gasteiger partial charge in [-0.05, 0) is 54.8 Å². The molecule has 1 aliphatic rings. The Labute approximate surface area is 146 Å². The number of carbonyl (C=O) groups is 1. The van der Waals surface area contributed by atoms with Crippen LogP contribution in [0.1, 0.15) is 27.9 Å². The monoisotopic (exact) mass is 333 g/mol. The van der Waals surface area contributed by atoms with Crippen LogP contribution >= 0.6 is 0 Å². The predicted octanol–water partition coefficient (Wildman–Crippen LogP) is 2.57. The molecule has 0 radical (unpaired) electrons. The first kappa shape index (κ1) is 16.6. The summed E-state index contributed by atoms with van der Waals surface area (Å²) in [6.45, 7) is 0.546. The summed E-state index contributed by atoms with van der Waals surface area (Å²) in [6.07, 6.45) is 7.05. The summed E-state index contributed by atoms with van der Waals surface area (Å²) in [5.74, 6) is 2.39. The Hall–Kier alpha value is -3.26. The highest BCUT2D eigenvalue weighted by Gasteiger charge is 2.16. The average molecular weight is 333 g/mol. The molecule has 5 heteroatoms. The maximum Gasteiger partial charge on any atom is 0.282 e. The van der Waals surface area contributed by atoms with Crippen molar-refractivity contribution in [3.63, 3.8) is 0 Å². The number of amides is 1. The number of hydrogen-bond acceptors (Lipinski definition) is 4. The molecular formula is C20H19N3O2. The van der Waals surface area contributed by atoms with Crippen molar-refractivity contribution in [2.75, 3.05) is 11.9 Å². The Morgan fingerprint density at radius 3 is 2.56 bits per heavy atom. The van der Waals surface area contributed by atoms with E-state index in [1.807, 2.05) is 24.3 Å². The van der Waals surface area contributed by atoms with E-state index in [4.69, 9.17) is 16.9 Å². The number of rotatable bonds is 5. The van der Waals surface area contributed by atoms with Crippen LogP contribution in [0.5, 0.6) is 0 Å². The number of benzene rings is 2. The molecule has 2 aromatic carbocycles. The molecule has 2 aromatic rings. The molecule has 0 fully saturated rings. The molecule has 0 aromatic heterocycles. The van der Waals surface area contributed by atoms with E-state index in [1.165, 1.54) is 0 Å². The second-order valence-electron chi connectivity index (χ2n) is 5.84. The SMILES string of the molecule is C#Cc1ccc(NC(=O)c2ccc(CCC3COC(N)=N3)cc2)cc1. The zero-order valence-electron chi connectivity index (χ0n) is 13.7. The Morgan fingerprint density at radius 2 is 1.96 bits per heavy atom. The maximum absolute atomic E-state index is 12.3. The van der Waals surface area contributed by atoms with Crippen molar-refractivity contribution in [3.05, 3.63) is 65.2 Å². The van der Waals surface area contributed by atoms with E-state index in [9.17, 15) is 4.79 Å². The van der Waals surface area contributed by atoms with Crippen molar-refractivity contribution in [2.24, 2.45) is 10.7 Å². The minimum atomic E-state index is -0.151. The number of anilines is 1. The molecule has 0 saturated heterocycles. The summed E-state index contributed by atoms with van der Waals surface area (Å²) < 4.78 is 5.14. The van der Waals surface area contributed by atoms with E-state index in [2.05, 4.69) is 16.2 Å². The lowest BCUT2D eigenvalue weighted by Gasteiger charge is -2.08. The smallest absolute Gasteiger partial charge is 0.282 e. The van der Waals surface area contributed by atoms with E-state index in [0.717, 1.165) is 24.0 Å². The molecule has 0 spiro atoms. The number of nitrogens with two attached hydrogens (primary N) is 1. The number of nitrogens with one attached hydrogen (secondary N) is 1. The minimum absolute atomic E-state index is 0.119. The van der Waals surface area contributed by atoms with Crippen LogP contribution in [0.2, 0.25) is 0 Å². The fourth-order valence-corrected chi connectivity index (χ4v) is 2.59. The Kier molecular flexibility index (Phi) is 5.00. The lowest BCUT2D eigenvalue weighted by molar-refractivity contribution is 0.102. The molecule has 126 valence electrons. The van der Waals surface area contributed by atoms with E-state index in [-0.39, 0.29) is 18.0 Å². The summed E-state index contributed by atoms with van der Waals surface area (Å²) in [4.78, 5) is 16.5. The van der Waals surface area contributed by atoms with Gasteiger partial charge in [0.05, 0.1) is 6.04 Å². The molecule has 25 heavy (non-hydrogen) atoms. The summed E-state index contributed by atoms with van der Waals surface area (Å²) in [6, 6.07) is 15.1. The van der Waals surface area contributed by atoms with Gasteiger partial charge < -0.3 is 15.8 Å². The van der Waals surface area contributed by atoms with E-state index >= 15 is 0 Å². The zero-order chi connectivity index (χ0) is 17.6. The van der Waals surface area contributed by atoms with Crippen LogP contribution < -0.4 is 11.1 Å². The van der Waals surface area contributed by atoms with Crippen molar-refractivity contribution in [1.29, 1.82) is 0 Å². The highest BCUT2D eigenvalue weighted by molar-refractivity contribution is 6.04. The molecule has 1 unspecified atom stereocenters. The number of hydrogen-bond donors (Lipinski definition) is 2. The molecule has 1 atom stereocenters. The number of aliphatic imine (C=N–C) groups is 1. The van der Waals surface area contributed by atoms with E-state index < -0.39 is 0 Å². The van der Waals surface area contributed by atoms with Gasteiger partial charge in [-0.2, -0.15) is 0 Å². The van der Waals surface area contributed by atoms with Gasteiger partial charge in [-0.15, -0.1) is 6.42 Å². The Balaban J connectivity index is 1.55. The molecule has 3 rings (SSSR count). The molecule has 3 N–H and O–H groups in total. The number of amidine groups is 1.